The normalized spacial score (nSPS) is 12.5. The number of carbonyl (C=O) groups is 1. The standard InChI is InChI=1S/C8H13N3O2/c1-6(8(12)11-9)10-5-7-3-2-4-13-7/h2-4,6,10H,5,9H2,1H3,(H,11,12). The molecule has 0 saturated carbocycles. The van der Waals surface area contributed by atoms with Gasteiger partial charge in [0.25, 0.3) is 5.91 Å². The van der Waals surface area contributed by atoms with Crippen LogP contribution in [-0.2, 0) is 11.3 Å². The Morgan fingerprint density at radius 1 is 1.77 bits per heavy atom. The summed E-state index contributed by atoms with van der Waals surface area (Å²) in [6.45, 7) is 2.24. The topological polar surface area (TPSA) is 80.3 Å². The number of hydrazine groups is 1. The second-order valence-electron chi connectivity index (χ2n) is 2.69. The van der Waals surface area contributed by atoms with Crippen LogP contribution < -0.4 is 16.6 Å². The van der Waals surface area contributed by atoms with E-state index in [-0.39, 0.29) is 11.9 Å². The van der Waals surface area contributed by atoms with Crippen LogP contribution >= 0.6 is 0 Å². The Morgan fingerprint density at radius 3 is 3.08 bits per heavy atom. The average Bonchev–Trinajstić information content (AvgIpc) is 2.65. The van der Waals surface area contributed by atoms with Crippen molar-refractivity contribution in [1.82, 2.24) is 10.7 Å². The molecule has 72 valence electrons. The van der Waals surface area contributed by atoms with E-state index in [1.807, 2.05) is 6.07 Å². The molecule has 1 aromatic rings. The van der Waals surface area contributed by atoms with Gasteiger partial charge in [-0.2, -0.15) is 0 Å². The van der Waals surface area contributed by atoms with Gasteiger partial charge in [-0.15, -0.1) is 0 Å². The fraction of sp³-hybridized carbons (Fsp3) is 0.375. The summed E-state index contributed by atoms with van der Waals surface area (Å²) in [5.74, 6) is 5.50. The van der Waals surface area contributed by atoms with Crippen LogP contribution in [0, 0.1) is 0 Å². The summed E-state index contributed by atoms with van der Waals surface area (Å²) >= 11 is 0. The Labute approximate surface area is 76.3 Å². The van der Waals surface area contributed by atoms with Crippen LogP contribution in [0.25, 0.3) is 0 Å². The molecule has 0 aliphatic carbocycles. The number of rotatable bonds is 4. The van der Waals surface area contributed by atoms with E-state index in [9.17, 15) is 4.79 Å². The molecule has 0 fully saturated rings. The van der Waals surface area contributed by atoms with Gasteiger partial charge in [-0.3, -0.25) is 15.5 Å². The first-order valence-corrected chi connectivity index (χ1v) is 4.00. The second kappa shape index (κ2) is 4.64. The summed E-state index contributed by atoms with van der Waals surface area (Å²) in [4.78, 5) is 10.9. The Hall–Kier alpha value is -1.33. The number of nitrogens with two attached hydrogens (primary N) is 1. The lowest BCUT2D eigenvalue weighted by Crippen LogP contribution is -2.44. The van der Waals surface area contributed by atoms with Gasteiger partial charge < -0.3 is 4.42 Å². The fourth-order valence-corrected chi connectivity index (χ4v) is 0.885. The van der Waals surface area contributed by atoms with Crippen LogP contribution in [0.1, 0.15) is 12.7 Å². The molecule has 0 aromatic carbocycles. The van der Waals surface area contributed by atoms with Crippen LogP contribution in [0.3, 0.4) is 0 Å². The van der Waals surface area contributed by atoms with Crippen LogP contribution in [0.4, 0.5) is 0 Å². The summed E-state index contributed by atoms with van der Waals surface area (Å²) in [6.07, 6.45) is 1.59. The van der Waals surface area contributed by atoms with Crippen LogP contribution in [-0.4, -0.2) is 11.9 Å². The number of amides is 1. The van der Waals surface area contributed by atoms with Crippen molar-refractivity contribution < 1.29 is 9.21 Å². The van der Waals surface area contributed by atoms with Crippen molar-refractivity contribution in [3.05, 3.63) is 24.2 Å². The number of carbonyl (C=O) groups excluding carboxylic acids is 1. The van der Waals surface area contributed by atoms with Crippen molar-refractivity contribution in [3.8, 4) is 0 Å². The van der Waals surface area contributed by atoms with Crippen molar-refractivity contribution >= 4 is 5.91 Å². The van der Waals surface area contributed by atoms with Crippen LogP contribution in [0.2, 0.25) is 0 Å². The minimum Gasteiger partial charge on any atom is -0.468 e. The Kier molecular flexibility index (Phi) is 3.48. The van der Waals surface area contributed by atoms with Crippen LogP contribution in [0.5, 0.6) is 0 Å². The zero-order valence-electron chi connectivity index (χ0n) is 7.41. The predicted octanol–water partition coefficient (Wildman–Crippen LogP) is -0.252. The summed E-state index contributed by atoms with van der Waals surface area (Å²) in [5, 5.41) is 2.95. The molecule has 5 heteroatoms. The highest BCUT2D eigenvalue weighted by Gasteiger charge is 2.10. The molecule has 0 saturated heterocycles. The van der Waals surface area contributed by atoms with Crippen LogP contribution in [0.15, 0.2) is 22.8 Å². The molecule has 1 rings (SSSR count). The van der Waals surface area contributed by atoms with Gasteiger partial charge in [0.15, 0.2) is 0 Å². The van der Waals surface area contributed by atoms with Crippen molar-refractivity contribution in [2.24, 2.45) is 5.84 Å². The van der Waals surface area contributed by atoms with Gasteiger partial charge >= 0.3 is 0 Å². The molecule has 0 radical (unpaired) electrons. The van der Waals surface area contributed by atoms with E-state index in [0.717, 1.165) is 5.76 Å². The molecule has 4 N–H and O–H groups in total. The largest absolute Gasteiger partial charge is 0.468 e. The summed E-state index contributed by atoms with van der Waals surface area (Å²) in [7, 11) is 0. The predicted molar refractivity (Wildman–Crippen MR) is 47.3 cm³/mol. The van der Waals surface area contributed by atoms with Crippen molar-refractivity contribution in [3.63, 3.8) is 0 Å². The third-order valence-corrected chi connectivity index (χ3v) is 1.70. The highest BCUT2D eigenvalue weighted by Crippen LogP contribution is 1.99. The highest BCUT2D eigenvalue weighted by molar-refractivity contribution is 5.80. The molecule has 1 unspecified atom stereocenters. The summed E-state index contributed by atoms with van der Waals surface area (Å²) < 4.78 is 5.07. The molecule has 13 heavy (non-hydrogen) atoms. The van der Waals surface area contributed by atoms with Gasteiger partial charge in [-0.25, -0.2) is 5.84 Å². The lowest BCUT2D eigenvalue weighted by molar-refractivity contribution is -0.122. The molecule has 0 bridgehead atoms. The quantitative estimate of drug-likeness (QED) is 0.341. The number of hydrogen-bond acceptors (Lipinski definition) is 4. The van der Waals surface area contributed by atoms with Gasteiger partial charge in [-0.1, -0.05) is 0 Å². The maximum Gasteiger partial charge on any atom is 0.250 e. The number of nitrogens with one attached hydrogen (secondary N) is 2. The molecule has 0 aliphatic rings. The molecule has 1 atom stereocenters. The molecule has 0 spiro atoms. The monoisotopic (exact) mass is 183 g/mol. The van der Waals surface area contributed by atoms with Gasteiger partial charge in [-0.05, 0) is 19.1 Å². The first-order chi connectivity index (χ1) is 6.24. The molecule has 5 nitrogen and oxygen atoms in total. The SMILES string of the molecule is CC(NCc1ccco1)C(=O)NN. The van der Waals surface area contributed by atoms with Crippen molar-refractivity contribution in [2.45, 2.75) is 19.5 Å². The molecule has 0 aliphatic heterocycles. The Bertz CT molecular complexity index is 258. The number of hydrogen-bond donors (Lipinski definition) is 3. The maximum absolute atomic E-state index is 10.9. The fourth-order valence-electron chi connectivity index (χ4n) is 0.885. The van der Waals surface area contributed by atoms with E-state index in [0.29, 0.717) is 6.54 Å². The van der Waals surface area contributed by atoms with E-state index in [2.05, 4.69) is 10.7 Å². The first-order valence-electron chi connectivity index (χ1n) is 4.00. The summed E-state index contributed by atoms with van der Waals surface area (Å²) in [5.41, 5.74) is 2.06. The van der Waals surface area contributed by atoms with Gasteiger partial charge in [0.05, 0.1) is 18.8 Å². The molecular formula is C8H13N3O2. The molecule has 1 aromatic heterocycles. The lowest BCUT2D eigenvalue weighted by Gasteiger charge is -2.09. The zero-order chi connectivity index (χ0) is 9.68. The molecular weight excluding hydrogens is 170 g/mol. The lowest BCUT2D eigenvalue weighted by atomic mass is 10.3. The second-order valence-corrected chi connectivity index (χ2v) is 2.69. The Morgan fingerprint density at radius 2 is 2.54 bits per heavy atom. The Balaban J connectivity index is 2.30. The number of furan rings is 1. The van der Waals surface area contributed by atoms with E-state index < -0.39 is 0 Å². The van der Waals surface area contributed by atoms with Crippen molar-refractivity contribution in [2.75, 3.05) is 0 Å². The smallest absolute Gasteiger partial charge is 0.250 e. The maximum atomic E-state index is 10.9. The summed E-state index contributed by atoms with van der Waals surface area (Å²) in [6, 6.07) is 3.31. The first kappa shape index (κ1) is 9.76. The average molecular weight is 183 g/mol. The molecule has 1 heterocycles. The van der Waals surface area contributed by atoms with Gasteiger partial charge in [0, 0.05) is 0 Å². The minimum atomic E-state index is -0.324. The highest BCUT2D eigenvalue weighted by atomic mass is 16.3. The third-order valence-electron chi connectivity index (χ3n) is 1.70. The van der Waals surface area contributed by atoms with Gasteiger partial charge in [0.2, 0.25) is 0 Å². The van der Waals surface area contributed by atoms with Crippen molar-refractivity contribution in [1.29, 1.82) is 0 Å². The van der Waals surface area contributed by atoms with E-state index in [1.165, 1.54) is 0 Å². The zero-order valence-corrected chi connectivity index (χ0v) is 7.41. The minimum absolute atomic E-state index is 0.244. The molecule has 1 amide bonds. The van der Waals surface area contributed by atoms with E-state index in [1.54, 1.807) is 19.3 Å². The van der Waals surface area contributed by atoms with E-state index >= 15 is 0 Å². The van der Waals surface area contributed by atoms with Gasteiger partial charge in [0.1, 0.15) is 5.76 Å². The van der Waals surface area contributed by atoms with E-state index in [4.69, 9.17) is 10.3 Å². The third kappa shape index (κ3) is 2.89.